The highest BCUT2D eigenvalue weighted by Gasteiger charge is 2.35. The summed E-state index contributed by atoms with van der Waals surface area (Å²) in [6, 6.07) is 4.23. The van der Waals surface area contributed by atoms with Crippen molar-refractivity contribution in [1.82, 2.24) is 15.1 Å². The van der Waals surface area contributed by atoms with Crippen molar-refractivity contribution >= 4 is 17.4 Å². The fraction of sp³-hybridized carbons (Fsp3) is 0.273. The molecule has 2 aromatic carbocycles. The van der Waals surface area contributed by atoms with E-state index in [1.807, 2.05) is 0 Å². The van der Waals surface area contributed by atoms with E-state index in [1.54, 1.807) is 0 Å². The average molecular weight is 483 g/mol. The molecule has 0 aliphatic carbocycles. The Morgan fingerprint density at radius 1 is 1.06 bits per heavy atom. The average Bonchev–Trinajstić information content (AvgIpc) is 3.01. The van der Waals surface area contributed by atoms with Crippen molar-refractivity contribution < 1.29 is 31.1 Å². The number of carbonyl (C=O) groups is 1. The molecule has 0 radical (unpaired) electrons. The standard InChI is InChI=1S/C22H19F6N5O/c1-32-21(33-8-7-29-10-22(27,28)11-33)16(9-30-32)31-20(34)12-5-6-15(25)18(19(12)26)17-13(23)3-2-4-14(17)24/h2-6,9,29H,7-8,10-11H2,1H3,(H,31,34). The molecule has 6 nitrogen and oxygen atoms in total. The summed E-state index contributed by atoms with van der Waals surface area (Å²) >= 11 is 0. The Balaban J connectivity index is 1.69. The van der Waals surface area contributed by atoms with Crippen molar-refractivity contribution in [3.63, 3.8) is 0 Å². The lowest BCUT2D eigenvalue weighted by Crippen LogP contribution is -2.39. The second-order valence-electron chi connectivity index (χ2n) is 7.79. The summed E-state index contributed by atoms with van der Waals surface area (Å²) in [6.07, 6.45) is 1.20. The molecule has 3 aromatic rings. The number of aryl methyl sites for hydroxylation is 1. The minimum atomic E-state index is -3.05. The van der Waals surface area contributed by atoms with Crippen LogP contribution in [0.2, 0.25) is 0 Å². The zero-order chi connectivity index (χ0) is 24.6. The molecule has 2 heterocycles. The molecule has 0 bridgehead atoms. The number of alkyl halides is 2. The van der Waals surface area contributed by atoms with Crippen LogP contribution in [0.15, 0.2) is 36.5 Å². The summed E-state index contributed by atoms with van der Waals surface area (Å²) in [6.45, 7) is -0.735. The van der Waals surface area contributed by atoms with E-state index in [2.05, 4.69) is 15.7 Å². The monoisotopic (exact) mass is 483 g/mol. The lowest BCUT2D eigenvalue weighted by atomic mass is 9.99. The molecule has 1 amide bonds. The maximum Gasteiger partial charge on any atom is 0.277 e. The molecule has 1 saturated heterocycles. The van der Waals surface area contributed by atoms with Gasteiger partial charge in [-0.05, 0) is 24.3 Å². The van der Waals surface area contributed by atoms with E-state index >= 15 is 4.39 Å². The van der Waals surface area contributed by atoms with Crippen LogP contribution >= 0.6 is 0 Å². The van der Waals surface area contributed by atoms with Crippen molar-refractivity contribution in [3.8, 4) is 11.1 Å². The Morgan fingerprint density at radius 3 is 2.44 bits per heavy atom. The summed E-state index contributed by atoms with van der Waals surface area (Å²) in [5.74, 6) is -9.13. The third kappa shape index (κ3) is 4.45. The highest BCUT2D eigenvalue weighted by Crippen LogP contribution is 2.34. The molecule has 4 rings (SSSR count). The van der Waals surface area contributed by atoms with Crippen LogP contribution in [-0.4, -0.2) is 47.8 Å². The fourth-order valence-electron chi connectivity index (χ4n) is 3.86. The van der Waals surface area contributed by atoms with Gasteiger partial charge in [-0.3, -0.25) is 9.48 Å². The number of hydrogen-bond acceptors (Lipinski definition) is 4. The zero-order valence-corrected chi connectivity index (χ0v) is 17.8. The van der Waals surface area contributed by atoms with Crippen LogP contribution in [0.5, 0.6) is 0 Å². The van der Waals surface area contributed by atoms with Crippen LogP contribution in [-0.2, 0) is 7.05 Å². The van der Waals surface area contributed by atoms with Gasteiger partial charge in [0.2, 0.25) is 0 Å². The second-order valence-corrected chi connectivity index (χ2v) is 7.79. The van der Waals surface area contributed by atoms with E-state index in [0.29, 0.717) is 6.07 Å². The Morgan fingerprint density at radius 2 is 1.74 bits per heavy atom. The van der Waals surface area contributed by atoms with Gasteiger partial charge in [-0.25, -0.2) is 26.3 Å². The summed E-state index contributed by atoms with van der Waals surface area (Å²) in [5.41, 5.74) is -2.68. The van der Waals surface area contributed by atoms with E-state index in [1.165, 1.54) is 22.8 Å². The Bertz CT molecular complexity index is 1220. The highest BCUT2D eigenvalue weighted by molar-refractivity contribution is 6.06. The van der Waals surface area contributed by atoms with Gasteiger partial charge in [-0.1, -0.05) is 6.07 Å². The van der Waals surface area contributed by atoms with Crippen LogP contribution < -0.4 is 15.5 Å². The van der Waals surface area contributed by atoms with Crippen LogP contribution in [0.25, 0.3) is 11.1 Å². The molecule has 2 N–H and O–H groups in total. The molecule has 12 heteroatoms. The minimum Gasteiger partial charge on any atom is -0.348 e. The third-order valence-electron chi connectivity index (χ3n) is 5.37. The number of amides is 1. The highest BCUT2D eigenvalue weighted by atomic mass is 19.3. The summed E-state index contributed by atoms with van der Waals surface area (Å²) < 4.78 is 87.4. The van der Waals surface area contributed by atoms with Crippen molar-refractivity contribution in [2.75, 3.05) is 36.4 Å². The maximum atomic E-state index is 15.2. The lowest BCUT2D eigenvalue weighted by Gasteiger charge is -2.26. The number of aromatic nitrogens is 2. The molecule has 1 aliphatic rings. The van der Waals surface area contributed by atoms with Gasteiger partial charge < -0.3 is 15.5 Å². The summed E-state index contributed by atoms with van der Waals surface area (Å²) in [5, 5.41) is 8.99. The van der Waals surface area contributed by atoms with Gasteiger partial charge in [0, 0.05) is 20.1 Å². The molecular formula is C22H19F6N5O. The number of nitrogens with one attached hydrogen (secondary N) is 2. The Labute approximate surface area is 190 Å². The van der Waals surface area contributed by atoms with Crippen molar-refractivity contribution in [3.05, 3.63) is 65.4 Å². The van der Waals surface area contributed by atoms with Gasteiger partial charge in [-0.2, -0.15) is 5.10 Å². The first-order valence-electron chi connectivity index (χ1n) is 10.2. The molecule has 180 valence electrons. The molecule has 0 saturated carbocycles. The summed E-state index contributed by atoms with van der Waals surface area (Å²) in [4.78, 5) is 14.2. The first kappa shape index (κ1) is 23.6. The van der Waals surface area contributed by atoms with Crippen LogP contribution in [0, 0.1) is 23.3 Å². The Kier molecular flexibility index (Phi) is 6.26. The molecule has 1 fully saturated rings. The van der Waals surface area contributed by atoms with E-state index in [0.717, 1.165) is 24.3 Å². The van der Waals surface area contributed by atoms with Crippen molar-refractivity contribution in [1.29, 1.82) is 0 Å². The number of anilines is 2. The van der Waals surface area contributed by atoms with Gasteiger partial charge in [0.05, 0.1) is 36.0 Å². The number of hydrogen-bond donors (Lipinski definition) is 2. The zero-order valence-electron chi connectivity index (χ0n) is 17.8. The van der Waals surface area contributed by atoms with Gasteiger partial charge in [-0.15, -0.1) is 0 Å². The van der Waals surface area contributed by atoms with Crippen LogP contribution in [0.4, 0.5) is 37.8 Å². The van der Waals surface area contributed by atoms with Gasteiger partial charge in [0.15, 0.2) is 5.82 Å². The largest absolute Gasteiger partial charge is 0.348 e. The molecule has 0 spiro atoms. The number of halogens is 6. The van der Waals surface area contributed by atoms with Crippen LogP contribution in [0.3, 0.4) is 0 Å². The maximum absolute atomic E-state index is 15.2. The topological polar surface area (TPSA) is 62.2 Å². The van der Waals surface area contributed by atoms with Crippen molar-refractivity contribution in [2.45, 2.75) is 5.92 Å². The quantitative estimate of drug-likeness (QED) is 0.552. The SMILES string of the molecule is Cn1ncc(NC(=O)c2ccc(F)c(-c3c(F)cccc3F)c2F)c1N1CCNCC(F)(F)C1. The third-order valence-corrected chi connectivity index (χ3v) is 5.37. The normalized spacial score (nSPS) is 15.8. The van der Waals surface area contributed by atoms with Crippen molar-refractivity contribution in [2.24, 2.45) is 7.05 Å². The lowest BCUT2D eigenvalue weighted by molar-refractivity contribution is 0.0155. The Hall–Kier alpha value is -3.54. The minimum absolute atomic E-state index is 0.00699. The summed E-state index contributed by atoms with van der Waals surface area (Å²) in [7, 11) is 1.49. The van der Waals surface area contributed by atoms with Crippen LogP contribution in [0.1, 0.15) is 10.4 Å². The van der Waals surface area contributed by atoms with Gasteiger partial charge >= 0.3 is 0 Å². The first-order valence-corrected chi connectivity index (χ1v) is 10.2. The molecule has 34 heavy (non-hydrogen) atoms. The van der Waals surface area contributed by atoms with E-state index in [-0.39, 0.29) is 24.6 Å². The van der Waals surface area contributed by atoms with Gasteiger partial charge in [0.1, 0.15) is 29.0 Å². The van der Waals surface area contributed by atoms with Gasteiger partial charge in [0.25, 0.3) is 11.8 Å². The number of carbonyl (C=O) groups excluding carboxylic acids is 1. The molecular weight excluding hydrogens is 464 g/mol. The molecule has 0 atom stereocenters. The predicted octanol–water partition coefficient (Wildman–Crippen LogP) is 3.94. The van der Waals surface area contributed by atoms with E-state index in [4.69, 9.17) is 0 Å². The first-order chi connectivity index (χ1) is 16.1. The smallest absolute Gasteiger partial charge is 0.277 e. The fourth-order valence-corrected chi connectivity index (χ4v) is 3.86. The number of benzene rings is 2. The number of rotatable bonds is 4. The number of nitrogens with zero attached hydrogens (tertiary/aromatic N) is 3. The molecule has 0 unspecified atom stereocenters. The van der Waals surface area contributed by atoms with E-state index < -0.39 is 64.9 Å². The molecule has 1 aliphatic heterocycles. The predicted molar refractivity (Wildman–Crippen MR) is 113 cm³/mol. The van der Waals surface area contributed by atoms with E-state index in [9.17, 15) is 26.7 Å². The second kappa shape index (κ2) is 9.01. The molecule has 1 aromatic heterocycles.